The van der Waals surface area contributed by atoms with Crippen LogP contribution in [0.2, 0.25) is 0 Å². The lowest BCUT2D eigenvalue weighted by molar-refractivity contribution is -0.121. The second kappa shape index (κ2) is 11.4. The molecule has 0 atom stereocenters. The first-order valence-corrected chi connectivity index (χ1v) is 12.2. The average Bonchev–Trinajstić information content (AvgIpc) is 2.75. The monoisotopic (exact) mass is 464 g/mol. The van der Waals surface area contributed by atoms with Crippen molar-refractivity contribution in [2.45, 2.75) is 70.8 Å². The smallest absolute Gasteiger partial charge is 0.219 e. The Morgan fingerprint density at radius 1 is 1.14 bits per heavy atom. The van der Waals surface area contributed by atoms with Gasteiger partial charge in [0, 0.05) is 16.9 Å². The Bertz CT molecular complexity index is 650. The molecule has 1 aliphatic heterocycles. The van der Waals surface area contributed by atoms with Crippen molar-refractivity contribution in [3.8, 4) is 5.75 Å². The Hall–Kier alpha value is -1.07. The standard InChI is InChI=1S/C24H37BrN2O2/c1-3-24(28)26-21-6-4-18(5-7-21)10-13-27-14-11-19(12-15-27)16-20-17-22(29-2)8-9-23(20)25/h8-9,17-19,21H,3-7,10-16H2,1-2H3,(H,26,28). The highest BCUT2D eigenvalue weighted by Gasteiger charge is 2.24. The molecule has 1 aromatic rings. The molecule has 29 heavy (non-hydrogen) atoms. The fourth-order valence-electron chi connectivity index (χ4n) is 4.85. The van der Waals surface area contributed by atoms with Crippen molar-refractivity contribution in [2.75, 3.05) is 26.7 Å². The van der Waals surface area contributed by atoms with Crippen LogP contribution >= 0.6 is 15.9 Å². The SMILES string of the molecule is CCC(=O)NC1CCC(CCN2CCC(Cc3cc(OC)ccc3Br)CC2)CC1. The fourth-order valence-corrected chi connectivity index (χ4v) is 5.26. The number of nitrogens with one attached hydrogen (secondary N) is 1. The van der Waals surface area contributed by atoms with E-state index in [4.69, 9.17) is 4.74 Å². The summed E-state index contributed by atoms with van der Waals surface area (Å²) in [4.78, 5) is 14.2. The van der Waals surface area contributed by atoms with Crippen LogP contribution in [0.15, 0.2) is 22.7 Å². The van der Waals surface area contributed by atoms with Gasteiger partial charge in [-0.05, 0) is 107 Å². The van der Waals surface area contributed by atoms with Gasteiger partial charge in [0.05, 0.1) is 7.11 Å². The molecule has 0 bridgehead atoms. The number of piperidine rings is 1. The van der Waals surface area contributed by atoms with Crippen molar-refractivity contribution < 1.29 is 9.53 Å². The third-order valence-electron chi connectivity index (χ3n) is 6.86. The number of amides is 1. The number of benzene rings is 1. The number of likely N-dealkylation sites (tertiary alicyclic amines) is 1. The zero-order valence-electron chi connectivity index (χ0n) is 18.1. The first-order chi connectivity index (χ1) is 14.1. The molecule has 0 aromatic heterocycles. The van der Waals surface area contributed by atoms with Gasteiger partial charge in [0.25, 0.3) is 0 Å². The molecule has 0 radical (unpaired) electrons. The van der Waals surface area contributed by atoms with E-state index >= 15 is 0 Å². The molecule has 1 N–H and O–H groups in total. The lowest BCUT2D eigenvalue weighted by Gasteiger charge is -2.34. The maximum Gasteiger partial charge on any atom is 0.219 e. The van der Waals surface area contributed by atoms with E-state index < -0.39 is 0 Å². The molecule has 5 heteroatoms. The minimum atomic E-state index is 0.206. The predicted molar refractivity (Wildman–Crippen MR) is 122 cm³/mol. The van der Waals surface area contributed by atoms with Gasteiger partial charge in [-0.1, -0.05) is 22.9 Å². The third kappa shape index (κ3) is 6.99. The Balaban J connectivity index is 1.34. The van der Waals surface area contributed by atoms with Gasteiger partial charge >= 0.3 is 0 Å². The Kier molecular flexibility index (Phi) is 8.85. The molecule has 0 spiro atoms. The molecule has 2 aliphatic rings. The summed E-state index contributed by atoms with van der Waals surface area (Å²) in [5, 5.41) is 3.17. The zero-order valence-corrected chi connectivity index (χ0v) is 19.7. The van der Waals surface area contributed by atoms with Crippen LogP contribution < -0.4 is 10.1 Å². The molecule has 0 unspecified atom stereocenters. The van der Waals surface area contributed by atoms with Gasteiger partial charge < -0.3 is 15.0 Å². The zero-order chi connectivity index (χ0) is 20.6. The quantitative estimate of drug-likeness (QED) is 0.575. The number of nitrogens with zero attached hydrogens (tertiary/aromatic N) is 1. The Morgan fingerprint density at radius 3 is 2.52 bits per heavy atom. The van der Waals surface area contributed by atoms with Gasteiger partial charge in [-0.15, -0.1) is 0 Å². The highest BCUT2D eigenvalue weighted by atomic mass is 79.9. The molecule has 1 heterocycles. The number of rotatable bonds is 8. The van der Waals surface area contributed by atoms with Crippen molar-refractivity contribution in [3.05, 3.63) is 28.2 Å². The van der Waals surface area contributed by atoms with Crippen LogP contribution in [0.25, 0.3) is 0 Å². The van der Waals surface area contributed by atoms with Gasteiger partial charge in [0.15, 0.2) is 0 Å². The van der Waals surface area contributed by atoms with Gasteiger partial charge in [0.2, 0.25) is 5.91 Å². The highest BCUT2D eigenvalue weighted by molar-refractivity contribution is 9.10. The van der Waals surface area contributed by atoms with Crippen molar-refractivity contribution >= 4 is 21.8 Å². The minimum absolute atomic E-state index is 0.206. The molecular weight excluding hydrogens is 428 g/mol. The average molecular weight is 465 g/mol. The molecular formula is C24H37BrN2O2. The van der Waals surface area contributed by atoms with E-state index in [9.17, 15) is 4.79 Å². The van der Waals surface area contributed by atoms with E-state index in [2.05, 4.69) is 38.3 Å². The van der Waals surface area contributed by atoms with Gasteiger partial charge in [-0.2, -0.15) is 0 Å². The van der Waals surface area contributed by atoms with Crippen molar-refractivity contribution in [2.24, 2.45) is 11.8 Å². The van der Waals surface area contributed by atoms with E-state index in [-0.39, 0.29) is 5.91 Å². The van der Waals surface area contributed by atoms with Crippen molar-refractivity contribution in [3.63, 3.8) is 0 Å². The minimum Gasteiger partial charge on any atom is -0.497 e. The molecule has 1 aromatic carbocycles. The summed E-state index contributed by atoms with van der Waals surface area (Å²) >= 11 is 3.70. The van der Waals surface area contributed by atoms with Crippen LogP contribution in [-0.2, 0) is 11.2 Å². The maximum atomic E-state index is 11.6. The second-order valence-corrected chi connectivity index (χ2v) is 9.73. The summed E-state index contributed by atoms with van der Waals surface area (Å²) in [6.45, 7) is 5.63. The van der Waals surface area contributed by atoms with Gasteiger partial charge in [0.1, 0.15) is 5.75 Å². The topological polar surface area (TPSA) is 41.6 Å². The molecule has 162 valence electrons. The highest BCUT2D eigenvalue weighted by Crippen LogP contribution is 2.30. The van der Waals surface area contributed by atoms with E-state index in [1.165, 1.54) is 61.8 Å². The van der Waals surface area contributed by atoms with Crippen molar-refractivity contribution in [1.29, 1.82) is 0 Å². The first kappa shape index (κ1) is 22.6. The van der Waals surface area contributed by atoms with Crippen LogP contribution in [0.3, 0.4) is 0 Å². The number of halogens is 1. The van der Waals surface area contributed by atoms with Gasteiger partial charge in [-0.25, -0.2) is 0 Å². The van der Waals surface area contributed by atoms with Crippen molar-refractivity contribution in [1.82, 2.24) is 10.2 Å². The largest absolute Gasteiger partial charge is 0.497 e. The molecule has 1 aliphatic carbocycles. The fraction of sp³-hybridized carbons (Fsp3) is 0.708. The summed E-state index contributed by atoms with van der Waals surface area (Å²) in [5.74, 6) is 2.77. The van der Waals surface area contributed by atoms with Crippen LogP contribution in [0.1, 0.15) is 63.9 Å². The van der Waals surface area contributed by atoms with Crippen LogP contribution in [0, 0.1) is 11.8 Å². The number of carbonyl (C=O) groups is 1. The van der Waals surface area contributed by atoms with E-state index in [1.54, 1.807) is 7.11 Å². The number of hydrogen-bond donors (Lipinski definition) is 1. The molecule has 1 amide bonds. The lowest BCUT2D eigenvalue weighted by Crippen LogP contribution is -2.38. The van der Waals surface area contributed by atoms with Crippen LogP contribution in [-0.4, -0.2) is 43.6 Å². The summed E-state index contributed by atoms with van der Waals surface area (Å²) < 4.78 is 6.59. The molecule has 1 saturated carbocycles. The van der Waals surface area contributed by atoms with E-state index in [1.807, 2.05) is 13.0 Å². The van der Waals surface area contributed by atoms with Crippen LogP contribution in [0.4, 0.5) is 0 Å². The molecule has 2 fully saturated rings. The summed E-state index contributed by atoms with van der Waals surface area (Å²) in [5.41, 5.74) is 1.37. The predicted octanol–water partition coefficient (Wildman–Crippen LogP) is 5.19. The lowest BCUT2D eigenvalue weighted by atomic mass is 9.83. The first-order valence-electron chi connectivity index (χ1n) is 11.4. The second-order valence-electron chi connectivity index (χ2n) is 8.87. The maximum absolute atomic E-state index is 11.6. The molecule has 3 rings (SSSR count). The number of ether oxygens (including phenoxy) is 1. The van der Waals surface area contributed by atoms with Gasteiger partial charge in [-0.3, -0.25) is 4.79 Å². The number of hydrogen-bond acceptors (Lipinski definition) is 3. The van der Waals surface area contributed by atoms with E-state index in [0.29, 0.717) is 12.5 Å². The number of carbonyl (C=O) groups excluding carboxylic acids is 1. The Morgan fingerprint density at radius 2 is 1.86 bits per heavy atom. The van der Waals surface area contributed by atoms with E-state index in [0.717, 1.165) is 36.8 Å². The summed E-state index contributed by atoms with van der Waals surface area (Å²) in [6.07, 6.45) is 10.5. The molecule has 1 saturated heterocycles. The normalized spacial score (nSPS) is 23.7. The van der Waals surface area contributed by atoms with Crippen LogP contribution in [0.5, 0.6) is 5.75 Å². The Labute approximate surface area is 184 Å². The summed E-state index contributed by atoms with van der Waals surface area (Å²) in [6, 6.07) is 6.72. The molecule has 4 nitrogen and oxygen atoms in total. The third-order valence-corrected chi connectivity index (χ3v) is 7.63. The summed E-state index contributed by atoms with van der Waals surface area (Å²) in [7, 11) is 1.74. The number of methoxy groups -OCH3 is 1.